The number of fused-ring (bicyclic) bond motifs is 1. The molecule has 5 heteroatoms. The van der Waals surface area contributed by atoms with Gasteiger partial charge in [-0.15, -0.1) is 0 Å². The van der Waals surface area contributed by atoms with Crippen molar-refractivity contribution in [2.75, 3.05) is 0 Å². The summed E-state index contributed by atoms with van der Waals surface area (Å²) >= 11 is 0. The van der Waals surface area contributed by atoms with Gasteiger partial charge < -0.3 is 9.97 Å². The first-order valence-electron chi connectivity index (χ1n) is 6.96. The lowest BCUT2D eigenvalue weighted by Gasteiger charge is -2.17. The van der Waals surface area contributed by atoms with Gasteiger partial charge in [0.2, 0.25) is 0 Å². The highest BCUT2D eigenvalue weighted by Crippen LogP contribution is 2.19. The standard InChI is InChI=1S/C16H18N4O/c1-16(2,3)12-8-15(21)20-14(19-12)9-13-17-10-6-4-5-7-11(10)18-13/h4-8H,9H2,1-3H3,(H,17,18)(H,19,20,21). The van der Waals surface area contributed by atoms with Crippen LogP contribution in [0.25, 0.3) is 11.0 Å². The van der Waals surface area contributed by atoms with Crippen molar-refractivity contribution in [2.45, 2.75) is 32.6 Å². The molecule has 21 heavy (non-hydrogen) atoms. The van der Waals surface area contributed by atoms with Crippen LogP contribution in [0.2, 0.25) is 0 Å². The van der Waals surface area contributed by atoms with E-state index >= 15 is 0 Å². The van der Waals surface area contributed by atoms with Crippen LogP contribution in [0.5, 0.6) is 0 Å². The molecule has 2 aromatic heterocycles. The molecule has 3 rings (SSSR count). The second-order valence-corrected chi connectivity index (χ2v) is 6.20. The lowest BCUT2D eigenvalue weighted by atomic mass is 9.92. The van der Waals surface area contributed by atoms with Crippen molar-refractivity contribution in [3.63, 3.8) is 0 Å². The second kappa shape index (κ2) is 4.84. The number of hydrogen-bond acceptors (Lipinski definition) is 3. The SMILES string of the molecule is CC(C)(C)c1cc(=O)[nH]c(Cc2nc3ccccc3[nH]2)n1. The van der Waals surface area contributed by atoms with Gasteiger partial charge in [0.05, 0.1) is 23.1 Å². The first-order valence-corrected chi connectivity index (χ1v) is 6.96. The van der Waals surface area contributed by atoms with E-state index in [1.165, 1.54) is 0 Å². The van der Waals surface area contributed by atoms with Crippen molar-refractivity contribution >= 4 is 11.0 Å². The van der Waals surface area contributed by atoms with Gasteiger partial charge in [-0.05, 0) is 12.1 Å². The van der Waals surface area contributed by atoms with Gasteiger partial charge >= 0.3 is 0 Å². The number of rotatable bonds is 2. The van der Waals surface area contributed by atoms with Gasteiger partial charge in [0.25, 0.3) is 5.56 Å². The summed E-state index contributed by atoms with van der Waals surface area (Å²) in [4.78, 5) is 26.9. The molecule has 0 aliphatic rings. The molecule has 0 unspecified atom stereocenters. The molecule has 2 heterocycles. The van der Waals surface area contributed by atoms with E-state index in [0.717, 1.165) is 22.6 Å². The molecule has 0 fully saturated rings. The lowest BCUT2D eigenvalue weighted by Crippen LogP contribution is -2.21. The Morgan fingerprint density at radius 1 is 1.05 bits per heavy atom. The molecular weight excluding hydrogens is 264 g/mol. The summed E-state index contributed by atoms with van der Waals surface area (Å²) in [5.41, 5.74) is 2.42. The number of aromatic nitrogens is 4. The molecule has 0 atom stereocenters. The van der Waals surface area contributed by atoms with Crippen LogP contribution in [-0.4, -0.2) is 19.9 Å². The molecule has 0 aliphatic heterocycles. The Labute approximate surface area is 122 Å². The highest BCUT2D eigenvalue weighted by Gasteiger charge is 2.17. The number of aromatic amines is 2. The third-order valence-corrected chi connectivity index (χ3v) is 3.33. The van der Waals surface area contributed by atoms with E-state index in [4.69, 9.17) is 0 Å². The number of nitrogens with zero attached hydrogens (tertiary/aromatic N) is 2. The van der Waals surface area contributed by atoms with Gasteiger partial charge in [-0.1, -0.05) is 32.9 Å². The first kappa shape index (κ1) is 13.5. The number of para-hydroxylation sites is 2. The number of H-pyrrole nitrogens is 2. The molecule has 2 N–H and O–H groups in total. The summed E-state index contributed by atoms with van der Waals surface area (Å²) < 4.78 is 0. The second-order valence-electron chi connectivity index (χ2n) is 6.20. The molecule has 0 saturated heterocycles. The molecule has 0 amide bonds. The maximum Gasteiger partial charge on any atom is 0.251 e. The molecule has 0 bridgehead atoms. The largest absolute Gasteiger partial charge is 0.342 e. The van der Waals surface area contributed by atoms with Crippen LogP contribution in [0.1, 0.15) is 38.1 Å². The molecule has 0 aliphatic carbocycles. The third kappa shape index (κ3) is 2.86. The van der Waals surface area contributed by atoms with E-state index in [9.17, 15) is 4.79 Å². The van der Waals surface area contributed by atoms with Gasteiger partial charge in [0.1, 0.15) is 11.6 Å². The molecule has 108 valence electrons. The Kier molecular flexibility index (Phi) is 3.12. The summed E-state index contributed by atoms with van der Waals surface area (Å²) in [5.74, 6) is 1.43. The Balaban J connectivity index is 1.97. The molecule has 0 spiro atoms. The first-order chi connectivity index (χ1) is 9.91. The highest BCUT2D eigenvalue weighted by molar-refractivity contribution is 5.74. The third-order valence-electron chi connectivity index (χ3n) is 3.33. The fourth-order valence-electron chi connectivity index (χ4n) is 2.22. The Hall–Kier alpha value is -2.43. The molecule has 0 saturated carbocycles. The van der Waals surface area contributed by atoms with Gasteiger partial charge in [-0.3, -0.25) is 4.79 Å². The average molecular weight is 282 g/mol. The molecule has 0 radical (unpaired) electrons. The minimum Gasteiger partial charge on any atom is -0.342 e. The fourth-order valence-corrected chi connectivity index (χ4v) is 2.22. The number of hydrogen-bond donors (Lipinski definition) is 2. The predicted molar refractivity (Wildman–Crippen MR) is 82.5 cm³/mol. The van der Waals surface area contributed by atoms with Crippen molar-refractivity contribution in [1.82, 2.24) is 19.9 Å². The average Bonchev–Trinajstić information content (AvgIpc) is 2.79. The summed E-state index contributed by atoms with van der Waals surface area (Å²) in [6, 6.07) is 9.41. The Morgan fingerprint density at radius 3 is 2.48 bits per heavy atom. The summed E-state index contributed by atoms with van der Waals surface area (Å²) in [6.45, 7) is 6.12. The monoisotopic (exact) mass is 282 g/mol. The zero-order valence-corrected chi connectivity index (χ0v) is 12.4. The van der Waals surface area contributed by atoms with Crippen LogP contribution in [0.3, 0.4) is 0 Å². The summed E-state index contributed by atoms with van der Waals surface area (Å²) in [6.07, 6.45) is 0.480. The van der Waals surface area contributed by atoms with E-state index in [-0.39, 0.29) is 11.0 Å². The van der Waals surface area contributed by atoms with E-state index in [0.29, 0.717) is 12.2 Å². The summed E-state index contributed by atoms with van der Waals surface area (Å²) in [5, 5.41) is 0. The van der Waals surface area contributed by atoms with Crippen LogP contribution in [0, 0.1) is 0 Å². The smallest absolute Gasteiger partial charge is 0.251 e. The van der Waals surface area contributed by atoms with E-state index < -0.39 is 0 Å². The molecule has 3 aromatic rings. The Bertz CT molecular complexity index is 806. The molecular formula is C16H18N4O. The van der Waals surface area contributed by atoms with Gasteiger partial charge in [-0.2, -0.15) is 0 Å². The van der Waals surface area contributed by atoms with Crippen LogP contribution >= 0.6 is 0 Å². The van der Waals surface area contributed by atoms with Crippen LogP contribution in [0.4, 0.5) is 0 Å². The number of nitrogens with one attached hydrogen (secondary N) is 2. The maximum absolute atomic E-state index is 11.8. The zero-order valence-electron chi connectivity index (χ0n) is 12.4. The van der Waals surface area contributed by atoms with Gasteiger partial charge in [-0.25, -0.2) is 9.97 Å². The van der Waals surface area contributed by atoms with Crippen molar-refractivity contribution in [1.29, 1.82) is 0 Å². The minimum atomic E-state index is -0.156. The van der Waals surface area contributed by atoms with Crippen molar-refractivity contribution in [3.8, 4) is 0 Å². The highest BCUT2D eigenvalue weighted by atomic mass is 16.1. The van der Waals surface area contributed by atoms with Gasteiger partial charge in [0, 0.05) is 11.5 Å². The lowest BCUT2D eigenvalue weighted by molar-refractivity contribution is 0.561. The Morgan fingerprint density at radius 2 is 1.76 bits per heavy atom. The maximum atomic E-state index is 11.8. The molecule has 5 nitrogen and oxygen atoms in total. The van der Waals surface area contributed by atoms with E-state index in [2.05, 4.69) is 19.9 Å². The topological polar surface area (TPSA) is 74.4 Å². The van der Waals surface area contributed by atoms with Crippen molar-refractivity contribution < 1.29 is 0 Å². The number of benzene rings is 1. The van der Waals surface area contributed by atoms with E-state index in [1.54, 1.807) is 6.07 Å². The zero-order chi connectivity index (χ0) is 15.0. The van der Waals surface area contributed by atoms with Crippen LogP contribution in [-0.2, 0) is 11.8 Å². The van der Waals surface area contributed by atoms with Crippen LogP contribution in [0.15, 0.2) is 35.1 Å². The van der Waals surface area contributed by atoms with E-state index in [1.807, 2.05) is 45.0 Å². The fraction of sp³-hybridized carbons (Fsp3) is 0.312. The predicted octanol–water partition coefficient (Wildman–Crippen LogP) is 2.53. The summed E-state index contributed by atoms with van der Waals surface area (Å²) in [7, 11) is 0. The normalized spacial score (nSPS) is 12.0. The van der Waals surface area contributed by atoms with Crippen LogP contribution < -0.4 is 5.56 Å². The van der Waals surface area contributed by atoms with Crippen molar-refractivity contribution in [2.24, 2.45) is 0 Å². The van der Waals surface area contributed by atoms with Gasteiger partial charge in [0.15, 0.2) is 0 Å². The molecule has 1 aromatic carbocycles. The van der Waals surface area contributed by atoms with Crippen molar-refractivity contribution in [3.05, 3.63) is 58.0 Å². The number of imidazole rings is 1. The quantitative estimate of drug-likeness (QED) is 0.758. The minimum absolute atomic E-state index is 0.124.